The average Bonchev–Trinajstić information content (AvgIpc) is 3.21. The Kier molecular flexibility index (Phi) is 3.21. The van der Waals surface area contributed by atoms with E-state index in [1.54, 1.807) is 6.07 Å². The molecule has 0 radical (unpaired) electrons. The van der Waals surface area contributed by atoms with Crippen LogP contribution in [0.4, 0.5) is 11.4 Å². The van der Waals surface area contributed by atoms with E-state index in [0.717, 1.165) is 5.69 Å². The Labute approximate surface area is 111 Å². The first-order valence-electron chi connectivity index (χ1n) is 6.51. The lowest BCUT2D eigenvalue weighted by molar-refractivity contribution is -0.125. The van der Waals surface area contributed by atoms with Crippen LogP contribution in [0.2, 0.25) is 0 Å². The Hall–Kier alpha value is -1.88. The maximum absolute atomic E-state index is 12.1. The van der Waals surface area contributed by atoms with E-state index >= 15 is 0 Å². The molecule has 1 aliphatic carbocycles. The van der Waals surface area contributed by atoms with Gasteiger partial charge in [0.05, 0.1) is 18.0 Å². The van der Waals surface area contributed by atoms with Crippen molar-refractivity contribution in [1.29, 1.82) is 0 Å². The Morgan fingerprint density at radius 2 is 2.16 bits per heavy atom. The number of rotatable bonds is 4. The number of hydrogen-bond donors (Lipinski definition) is 1. The van der Waals surface area contributed by atoms with Crippen molar-refractivity contribution in [3.63, 3.8) is 0 Å². The monoisotopic (exact) mass is 260 g/mol. The normalized spacial score (nSPS) is 17.9. The number of benzene rings is 1. The zero-order valence-electron chi connectivity index (χ0n) is 10.6. The van der Waals surface area contributed by atoms with Crippen molar-refractivity contribution in [2.24, 2.45) is 5.92 Å². The van der Waals surface area contributed by atoms with Crippen LogP contribution >= 0.6 is 0 Å². The summed E-state index contributed by atoms with van der Waals surface area (Å²) >= 11 is 0. The summed E-state index contributed by atoms with van der Waals surface area (Å²) in [5, 5.41) is 2.76. The summed E-state index contributed by atoms with van der Waals surface area (Å²) in [6, 6.07) is 7.30. The van der Waals surface area contributed by atoms with E-state index in [0.29, 0.717) is 18.2 Å². The van der Waals surface area contributed by atoms with Crippen LogP contribution < -0.4 is 10.2 Å². The van der Waals surface area contributed by atoms with Gasteiger partial charge in [-0.05, 0) is 30.9 Å². The molecular formula is C14H16N2O3. The van der Waals surface area contributed by atoms with Crippen molar-refractivity contribution in [1.82, 2.24) is 0 Å². The van der Waals surface area contributed by atoms with Crippen LogP contribution in [-0.2, 0) is 14.3 Å². The van der Waals surface area contributed by atoms with Gasteiger partial charge < -0.3 is 10.1 Å². The number of carbonyl (C=O) groups is 2. The standard InChI is InChI=1S/C14H16N2O3/c17-13-7-16(12-4-2-1-3-11(12)15-13)14(18)9-19-8-10-5-6-10/h1-4,10H,5-9H2,(H,15,17). The van der Waals surface area contributed by atoms with Gasteiger partial charge in [0.2, 0.25) is 5.91 Å². The molecule has 0 aromatic heterocycles. The van der Waals surface area contributed by atoms with Crippen LogP contribution in [0.1, 0.15) is 12.8 Å². The van der Waals surface area contributed by atoms with Crippen LogP contribution in [0.3, 0.4) is 0 Å². The zero-order chi connectivity index (χ0) is 13.2. The van der Waals surface area contributed by atoms with E-state index < -0.39 is 0 Å². The van der Waals surface area contributed by atoms with Crippen molar-refractivity contribution < 1.29 is 14.3 Å². The van der Waals surface area contributed by atoms with Gasteiger partial charge in [-0.2, -0.15) is 0 Å². The highest BCUT2D eigenvalue weighted by atomic mass is 16.5. The van der Waals surface area contributed by atoms with E-state index in [2.05, 4.69) is 5.32 Å². The van der Waals surface area contributed by atoms with Crippen molar-refractivity contribution in [3.8, 4) is 0 Å². The third-order valence-electron chi connectivity index (χ3n) is 3.35. The molecule has 1 saturated carbocycles. The van der Waals surface area contributed by atoms with E-state index in [1.165, 1.54) is 17.7 Å². The molecule has 1 aromatic carbocycles. The topological polar surface area (TPSA) is 58.6 Å². The fraction of sp³-hybridized carbons (Fsp3) is 0.429. The molecule has 2 amide bonds. The van der Waals surface area contributed by atoms with Crippen molar-refractivity contribution in [3.05, 3.63) is 24.3 Å². The number of fused-ring (bicyclic) bond motifs is 1. The Balaban J connectivity index is 1.68. The van der Waals surface area contributed by atoms with Crippen LogP contribution in [0.15, 0.2) is 24.3 Å². The number of ether oxygens (including phenoxy) is 1. The molecule has 1 aromatic rings. The molecule has 5 heteroatoms. The maximum atomic E-state index is 12.1. The molecule has 1 N–H and O–H groups in total. The largest absolute Gasteiger partial charge is 0.371 e. The lowest BCUT2D eigenvalue weighted by Gasteiger charge is -2.29. The van der Waals surface area contributed by atoms with Gasteiger partial charge >= 0.3 is 0 Å². The second-order valence-electron chi connectivity index (χ2n) is 5.00. The number of hydrogen-bond acceptors (Lipinski definition) is 3. The van der Waals surface area contributed by atoms with Gasteiger partial charge in [-0.25, -0.2) is 0 Å². The van der Waals surface area contributed by atoms with Crippen molar-refractivity contribution >= 4 is 23.2 Å². The van der Waals surface area contributed by atoms with Gasteiger partial charge in [-0.15, -0.1) is 0 Å². The van der Waals surface area contributed by atoms with E-state index in [1.807, 2.05) is 18.2 Å². The molecule has 1 aliphatic heterocycles. The smallest absolute Gasteiger partial charge is 0.253 e. The molecule has 0 unspecified atom stereocenters. The van der Waals surface area contributed by atoms with Gasteiger partial charge in [-0.1, -0.05) is 12.1 Å². The molecular weight excluding hydrogens is 244 g/mol. The van der Waals surface area contributed by atoms with Gasteiger partial charge in [0, 0.05) is 0 Å². The Bertz CT molecular complexity index is 511. The number of amides is 2. The summed E-state index contributed by atoms with van der Waals surface area (Å²) in [5.41, 5.74) is 1.41. The number of nitrogens with zero attached hydrogens (tertiary/aromatic N) is 1. The highest BCUT2D eigenvalue weighted by Crippen LogP contribution is 2.30. The fourth-order valence-corrected chi connectivity index (χ4v) is 2.13. The molecule has 0 saturated heterocycles. The van der Waals surface area contributed by atoms with Gasteiger partial charge in [0.25, 0.3) is 5.91 Å². The Morgan fingerprint density at radius 1 is 1.37 bits per heavy atom. The minimum absolute atomic E-state index is 0.0398. The molecule has 1 heterocycles. The SMILES string of the molecule is O=C1CN(C(=O)COCC2CC2)c2ccccc2N1. The third kappa shape index (κ3) is 2.76. The summed E-state index contributed by atoms with van der Waals surface area (Å²) in [5.74, 6) is 0.293. The fourth-order valence-electron chi connectivity index (χ4n) is 2.13. The van der Waals surface area contributed by atoms with E-state index in [-0.39, 0.29) is 25.0 Å². The highest BCUT2D eigenvalue weighted by Gasteiger charge is 2.27. The van der Waals surface area contributed by atoms with Crippen molar-refractivity contribution in [2.75, 3.05) is 30.0 Å². The summed E-state index contributed by atoms with van der Waals surface area (Å²) in [4.78, 5) is 25.2. The summed E-state index contributed by atoms with van der Waals surface area (Å²) in [6.07, 6.45) is 2.40. The number of para-hydroxylation sites is 2. The van der Waals surface area contributed by atoms with Gasteiger partial charge in [0.15, 0.2) is 0 Å². The minimum Gasteiger partial charge on any atom is -0.371 e. The third-order valence-corrected chi connectivity index (χ3v) is 3.35. The lowest BCUT2D eigenvalue weighted by Crippen LogP contribution is -2.43. The van der Waals surface area contributed by atoms with Crippen LogP contribution in [0, 0.1) is 5.92 Å². The molecule has 0 spiro atoms. The first-order chi connectivity index (χ1) is 9.24. The molecule has 0 atom stereocenters. The predicted octanol–water partition coefficient (Wildman–Crippen LogP) is 1.40. The first-order valence-corrected chi connectivity index (χ1v) is 6.51. The van der Waals surface area contributed by atoms with Crippen LogP contribution in [0.25, 0.3) is 0 Å². The van der Waals surface area contributed by atoms with E-state index in [4.69, 9.17) is 4.74 Å². The number of nitrogens with one attached hydrogen (secondary N) is 1. The maximum Gasteiger partial charge on any atom is 0.253 e. The van der Waals surface area contributed by atoms with E-state index in [9.17, 15) is 9.59 Å². The number of anilines is 2. The molecule has 100 valence electrons. The summed E-state index contributed by atoms with van der Waals surface area (Å²) in [6.45, 7) is 0.744. The molecule has 1 fully saturated rings. The van der Waals surface area contributed by atoms with Gasteiger partial charge in [0.1, 0.15) is 13.2 Å². The predicted molar refractivity (Wildman–Crippen MR) is 71.0 cm³/mol. The van der Waals surface area contributed by atoms with Crippen molar-refractivity contribution in [2.45, 2.75) is 12.8 Å². The zero-order valence-corrected chi connectivity index (χ0v) is 10.6. The first kappa shape index (κ1) is 12.2. The molecule has 5 nitrogen and oxygen atoms in total. The molecule has 3 rings (SSSR count). The van der Waals surface area contributed by atoms with Crippen LogP contribution in [0.5, 0.6) is 0 Å². The lowest BCUT2D eigenvalue weighted by atomic mass is 10.2. The minimum atomic E-state index is -0.172. The Morgan fingerprint density at radius 3 is 2.95 bits per heavy atom. The highest BCUT2D eigenvalue weighted by molar-refractivity contribution is 6.10. The second kappa shape index (κ2) is 5.01. The second-order valence-corrected chi connectivity index (χ2v) is 5.00. The molecule has 2 aliphatic rings. The number of carbonyl (C=O) groups excluding carboxylic acids is 2. The quantitative estimate of drug-likeness (QED) is 0.890. The average molecular weight is 260 g/mol. The summed E-state index contributed by atoms with van der Waals surface area (Å²) in [7, 11) is 0. The van der Waals surface area contributed by atoms with Crippen LogP contribution in [-0.4, -0.2) is 31.6 Å². The molecule has 0 bridgehead atoms. The summed E-state index contributed by atoms with van der Waals surface area (Å²) < 4.78 is 5.40. The molecule has 19 heavy (non-hydrogen) atoms. The van der Waals surface area contributed by atoms with Gasteiger partial charge in [-0.3, -0.25) is 14.5 Å².